The molecule has 0 aliphatic heterocycles. The van der Waals surface area contributed by atoms with E-state index < -0.39 is 29.4 Å². The van der Waals surface area contributed by atoms with Gasteiger partial charge in [0.25, 0.3) is 23.6 Å². The number of hydrogen-bond donors (Lipinski definition) is 7. The van der Waals surface area contributed by atoms with Crippen LogP contribution in [-0.2, 0) is 30.7 Å². The topological polar surface area (TPSA) is 204 Å². The fourth-order valence-corrected chi connectivity index (χ4v) is 5.56. The molecule has 4 rings (SSSR count). The molecule has 0 aliphatic carbocycles. The number of nitrogens with zero attached hydrogens (tertiary/aromatic N) is 3. The molecule has 0 aliphatic rings. The minimum atomic E-state index is -0.866. The molecule has 4 aromatic rings. The molecule has 0 radical (unpaired) electrons. The standard InChI is InChI=1S/C33H36ClN9O6S/c1-41-17-21(14-25(41)30(45)36-12-10-29(35)40-49)37-31(46)26-15-22(18-42(26)2)38-32(47)27-16-23(19-43(27)3)39-33(48)28(44)9-6-20-4-7-24(8-5-20)50-13-11-34/h4-9,14-19,49H,10-13H2,1-3H3,(H2,35,40)(H,36,45)(H,37,46)(H,38,47)(H,39,48). The Hall–Kier alpha value is -5.58. The molecule has 0 atom stereocenters. The molecule has 50 heavy (non-hydrogen) atoms. The molecule has 0 fully saturated rings. The van der Waals surface area contributed by atoms with Gasteiger partial charge in [0.05, 0.1) is 17.1 Å². The van der Waals surface area contributed by atoms with E-state index in [4.69, 9.17) is 22.2 Å². The number of amides is 4. The lowest BCUT2D eigenvalue weighted by Crippen LogP contribution is -2.30. The molecule has 15 nitrogen and oxygen atoms in total. The van der Waals surface area contributed by atoms with Gasteiger partial charge in [-0.3, -0.25) is 40.1 Å². The first-order valence-corrected chi connectivity index (χ1v) is 16.6. The Labute approximate surface area is 296 Å². The van der Waals surface area contributed by atoms with Crippen molar-refractivity contribution in [3.63, 3.8) is 0 Å². The van der Waals surface area contributed by atoms with Crippen LogP contribution in [0.3, 0.4) is 0 Å². The van der Waals surface area contributed by atoms with E-state index in [2.05, 4.69) is 21.3 Å². The normalized spacial score (nSPS) is 10.9. The Bertz CT molecular complexity index is 1940. The average Bonchev–Trinajstić information content (AvgIpc) is 3.77. The number of benzene rings is 1. The number of thioether (sulfide) groups is 1. The number of hydrogen-bond acceptors (Lipinski definition) is 8. The zero-order valence-corrected chi connectivity index (χ0v) is 28.9. The molecular weight excluding hydrogens is 686 g/mol. The van der Waals surface area contributed by atoms with Crippen molar-refractivity contribution < 1.29 is 29.2 Å². The van der Waals surface area contributed by atoms with Crippen molar-refractivity contribution in [3.8, 4) is 0 Å². The number of rotatable bonds is 15. The van der Waals surface area contributed by atoms with Crippen LogP contribution in [0.4, 0.5) is 17.1 Å². The summed E-state index contributed by atoms with van der Waals surface area (Å²) >= 11 is 7.33. The lowest BCUT2D eigenvalue weighted by atomic mass is 10.2. The Balaban J connectivity index is 1.32. The van der Waals surface area contributed by atoms with Crippen LogP contribution in [0.2, 0.25) is 0 Å². The minimum Gasteiger partial charge on any atom is -0.350 e. The van der Waals surface area contributed by atoms with Gasteiger partial charge in [-0.2, -0.15) is 0 Å². The molecular formula is C33H36ClN9O6S. The van der Waals surface area contributed by atoms with Gasteiger partial charge >= 0.3 is 0 Å². The van der Waals surface area contributed by atoms with Crippen LogP contribution in [0, 0.1) is 5.41 Å². The van der Waals surface area contributed by atoms with Crippen molar-refractivity contribution in [2.75, 3.05) is 34.1 Å². The number of carbonyl (C=O) groups is 5. The van der Waals surface area contributed by atoms with E-state index in [1.54, 1.807) is 56.9 Å². The summed E-state index contributed by atoms with van der Waals surface area (Å²) in [6.07, 6.45) is 7.44. The maximum Gasteiger partial charge on any atom is 0.296 e. The van der Waals surface area contributed by atoms with E-state index in [0.717, 1.165) is 16.2 Å². The van der Waals surface area contributed by atoms with Crippen molar-refractivity contribution in [3.05, 3.63) is 89.8 Å². The highest BCUT2D eigenvalue weighted by Crippen LogP contribution is 2.21. The summed E-state index contributed by atoms with van der Waals surface area (Å²) in [5, 5.41) is 26.7. The van der Waals surface area contributed by atoms with E-state index in [1.807, 2.05) is 24.3 Å². The fraction of sp³-hybridized carbons (Fsp3) is 0.212. The van der Waals surface area contributed by atoms with Gasteiger partial charge in [0.1, 0.15) is 22.9 Å². The average molecular weight is 722 g/mol. The molecule has 3 aromatic heterocycles. The van der Waals surface area contributed by atoms with Crippen LogP contribution in [-0.4, -0.2) is 72.3 Å². The van der Waals surface area contributed by atoms with Crippen molar-refractivity contribution in [2.45, 2.75) is 11.3 Å². The van der Waals surface area contributed by atoms with Crippen molar-refractivity contribution in [2.24, 2.45) is 21.1 Å². The second-order valence-corrected chi connectivity index (χ2v) is 12.5. The van der Waals surface area contributed by atoms with Crippen molar-refractivity contribution in [1.82, 2.24) is 24.5 Å². The van der Waals surface area contributed by atoms with Crippen LogP contribution >= 0.6 is 23.4 Å². The summed E-state index contributed by atoms with van der Waals surface area (Å²) in [5.74, 6) is -1.88. The SMILES string of the molecule is Cn1cc(NC(=O)c2cc(NC(=O)c3cc(NC(=O)C(=O)C=Cc4ccc(SCCCl)cc4)cn3C)cn2C)cc1C(=O)NCCC(=N)NO. The van der Waals surface area contributed by atoms with Crippen LogP contribution in [0.5, 0.6) is 0 Å². The molecule has 1 aromatic carbocycles. The predicted molar refractivity (Wildman–Crippen MR) is 192 cm³/mol. The van der Waals surface area contributed by atoms with Gasteiger partial charge in [-0.15, -0.1) is 23.4 Å². The van der Waals surface area contributed by atoms with Crippen LogP contribution in [0.1, 0.15) is 43.4 Å². The smallest absolute Gasteiger partial charge is 0.296 e. The number of carbonyl (C=O) groups excluding carboxylic acids is 5. The molecule has 7 N–H and O–H groups in total. The maximum atomic E-state index is 13.1. The van der Waals surface area contributed by atoms with Gasteiger partial charge in [0.15, 0.2) is 0 Å². The Morgan fingerprint density at radius 2 is 1.30 bits per heavy atom. The molecule has 3 heterocycles. The molecule has 17 heteroatoms. The second-order valence-electron chi connectivity index (χ2n) is 10.9. The highest BCUT2D eigenvalue weighted by molar-refractivity contribution is 7.99. The quantitative estimate of drug-likeness (QED) is 0.0182. The van der Waals surface area contributed by atoms with Gasteiger partial charge < -0.3 is 35.0 Å². The molecule has 0 saturated heterocycles. The number of alkyl halides is 1. The van der Waals surface area contributed by atoms with E-state index >= 15 is 0 Å². The highest BCUT2D eigenvalue weighted by Gasteiger charge is 2.19. The summed E-state index contributed by atoms with van der Waals surface area (Å²) in [6.45, 7) is 0.123. The van der Waals surface area contributed by atoms with Gasteiger partial charge in [-0.25, -0.2) is 0 Å². The largest absolute Gasteiger partial charge is 0.350 e. The lowest BCUT2D eigenvalue weighted by molar-refractivity contribution is -0.131. The summed E-state index contributed by atoms with van der Waals surface area (Å²) in [7, 11) is 4.88. The van der Waals surface area contributed by atoms with Crippen molar-refractivity contribution in [1.29, 1.82) is 5.41 Å². The second kappa shape index (κ2) is 17.2. The minimum absolute atomic E-state index is 0.107. The molecule has 0 bridgehead atoms. The summed E-state index contributed by atoms with van der Waals surface area (Å²) in [6, 6.07) is 11.9. The summed E-state index contributed by atoms with van der Waals surface area (Å²) in [4.78, 5) is 64.7. The zero-order valence-electron chi connectivity index (χ0n) is 27.4. The van der Waals surface area contributed by atoms with Crippen LogP contribution in [0.15, 0.2) is 72.0 Å². The molecule has 0 saturated carbocycles. The number of anilines is 3. The monoisotopic (exact) mass is 721 g/mol. The Morgan fingerprint density at radius 3 is 1.80 bits per heavy atom. The fourth-order valence-electron chi connectivity index (χ4n) is 4.69. The summed E-state index contributed by atoms with van der Waals surface area (Å²) < 4.78 is 4.55. The first kappa shape index (κ1) is 37.2. The predicted octanol–water partition coefficient (Wildman–Crippen LogP) is 3.83. The number of aryl methyl sites for hydroxylation is 3. The van der Waals surface area contributed by atoms with E-state index in [0.29, 0.717) is 17.3 Å². The van der Waals surface area contributed by atoms with E-state index in [-0.39, 0.29) is 41.6 Å². The first-order valence-electron chi connectivity index (χ1n) is 15.1. The maximum absolute atomic E-state index is 13.1. The van der Waals surface area contributed by atoms with Gasteiger partial charge in [-0.05, 0) is 42.0 Å². The third-order valence-electron chi connectivity index (χ3n) is 7.16. The molecule has 0 unspecified atom stereocenters. The van der Waals surface area contributed by atoms with Gasteiger partial charge in [0, 0.05) is 69.2 Å². The van der Waals surface area contributed by atoms with Crippen LogP contribution < -0.4 is 26.7 Å². The molecule has 4 amide bonds. The molecule has 0 spiro atoms. The number of amidine groups is 1. The van der Waals surface area contributed by atoms with Gasteiger partial charge in [-0.1, -0.05) is 18.2 Å². The van der Waals surface area contributed by atoms with Gasteiger partial charge in [0.2, 0.25) is 5.78 Å². The number of hydroxylamine groups is 1. The first-order chi connectivity index (χ1) is 23.9. The third kappa shape index (κ3) is 9.97. The highest BCUT2D eigenvalue weighted by atomic mass is 35.5. The van der Waals surface area contributed by atoms with E-state index in [1.165, 1.54) is 44.2 Å². The Morgan fingerprint density at radius 1 is 0.800 bits per heavy atom. The summed E-state index contributed by atoms with van der Waals surface area (Å²) in [5.41, 5.74) is 4.07. The number of ketones is 1. The Kier molecular flexibility index (Phi) is 12.8. The van der Waals surface area contributed by atoms with Crippen LogP contribution in [0.25, 0.3) is 6.08 Å². The third-order valence-corrected chi connectivity index (χ3v) is 8.59. The number of nitrogens with one attached hydrogen (secondary N) is 6. The van der Waals surface area contributed by atoms with E-state index in [9.17, 15) is 24.0 Å². The lowest BCUT2D eigenvalue weighted by Gasteiger charge is -2.05. The molecule has 262 valence electrons. The zero-order chi connectivity index (χ0) is 36.4. The number of halogens is 1. The van der Waals surface area contributed by atoms with Crippen molar-refractivity contribution >= 4 is 81.7 Å². The number of aromatic nitrogens is 3.